The van der Waals surface area contributed by atoms with Gasteiger partial charge in [-0.15, -0.1) is 0 Å². The maximum atomic E-state index is 12.8. The molecular formula is C24H30N2O3. The Kier molecular flexibility index (Phi) is 5.31. The van der Waals surface area contributed by atoms with Crippen molar-refractivity contribution in [3.8, 4) is 0 Å². The van der Waals surface area contributed by atoms with Gasteiger partial charge >= 0.3 is 6.09 Å². The first-order valence-corrected chi connectivity index (χ1v) is 10.4. The molecule has 0 unspecified atom stereocenters. The normalized spacial score (nSPS) is 26.1. The number of carbonyl (C=O) groups is 2. The molecule has 1 atom stereocenters. The Bertz CT molecular complexity index is 865. The molecule has 2 aromatic carbocycles. The van der Waals surface area contributed by atoms with Crippen molar-refractivity contribution in [3.63, 3.8) is 0 Å². The van der Waals surface area contributed by atoms with Crippen LogP contribution in [0.2, 0.25) is 0 Å². The Morgan fingerprint density at radius 2 is 1.59 bits per heavy atom. The lowest BCUT2D eigenvalue weighted by Crippen LogP contribution is -2.46. The summed E-state index contributed by atoms with van der Waals surface area (Å²) in [5.74, 6) is -0.0297. The zero-order chi connectivity index (χ0) is 20.4. The van der Waals surface area contributed by atoms with Gasteiger partial charge in [0.1, 0.15) is 5.60 Å². The molecule has 1 saturated heterocycles. The topological polar surface area (TPSA) is 58.6 Å². The van der Waals surface area contributed by atoms with E-state index in [1.165, 1.54) is 0 Å². The smallest absolute Gasteiger partial charge is 0.411 e. The summed E-state index contributed by atoms with van der Waals surface area (Å²) in [6.45, 7) is 3.96. The molecule has 1 aliphatic carbocycles. The molecule has 0 aromatic heterocycles. The fourth-order valence-electron chi connectivity index (χ4n) is 4.69. The predicted octanol–water partition coefficient (Wildman–Crippen LogP) is 4.95. The average Bonchev–Trinajstić information content (AvgIpc) is 2.98. The summed E-state index contributed by atoms with van der Waals surface area (Å²) < 4.78 is 5.75. The minimum absolute atomic E-state index is 0. The molecule has 154 valence electrons. The van der Waals surface area contributed by atoms with Gasteiger partial charge in [-0.05, 0) is 57.2 Å². The third-order valence-corrected chi connectivity index (χ3v) is 6.07. The number of benzene rings is 2. The van der Waals surface area contributed by atoms with Crippen LogP contribution >= 0.6 is 0 Å². The van der Waals surface area contributed by atoms with Crippen LogP contribution in [0.4, 0.5) is 4.79 Å². The quantitative estimate of drug-likeness (QED) is 0.798. The molecule has 1 heterocycles. The maximum absolute atomic E-state index is 12.8. The fraction of sp³-hybridized carbons (Fsp3) is 0.417. The molecule has 0 radical (unpaired) electrons. The highest BCUT2D eigenvalue weighted by Gasteiger charge is 2.51. The highest BCUT2D eigenvalue weighted by Crippen LogP contribution is 2.44. The van der Waals surface area contributed by atoms with E-state index < -0.39 is 5.60 Å². The third kappa shape index (κ3) is 4.00. The number of hydrogen-bond acceptors (Lipinski definition) is 3. The number of carbonyl (C=O) groups excluding carboxylic acids is 2. The molecule has 0 bridgehead atoms. The van der Waals surface area contributed by atoms with E-state index >= 15 is 0 Å². The largest absolute Gasteiger partial charge is 0.441 e. The van der Waals surface area contributed by atoms with Crippen molar-refractivity contribution in [2.45, 2.75) is 63.3 Å². The van der Waals surface area contributed by atoms with E-state index in [-0.39, 0.29) is 31.6 Å². The van der Waals surface area contributed by atoms with Crippen LogP contribution in [0, 0.1) is 0 Å². The first-order chi connectivity index (χ1) is 14.0. The van der Waals surface area contributed by atoms with Gasteiger partial charge in [0.2, 0.25) is 0 Å². The Hall–Kier alpha value is -2.82. The molecule has 2 fully saturated rings. The lowest BCUT2D eigenvalue weighted by atomic mass is 9.86. The van der Waals surface area contributed by atoms with Crippen LogP contribution in [0.1, 0.15) is 62.9 Å². The second-order valence-electron chi connectivity index (χ2n) is 8.54. The molecule has 0 spiro atoms. The Morgan fingerprint density at radius 1 is 1.00 bits per heavy atom. The van der Waals surface area contributed by atoms with Crippen molar-refractivity contribution in [1.82, 2.24) is 10.2 Å². The van der Waals surface area contributed by atoms with Crippen molar-refractivity contribution >= 4 is 12.0 Å². The molecule has 5 heteroatoms. The van der Waals surface area contributed by atoms with Gasteiger partial charge in [-0.2, -0.15) is 0 Å². The van der Waals surface area contributed by atoms with E-state index in [9.17, 15) is 9.59 Å². The van der Waals surface area contributed by atoms with Gasteiger partial charge in [0.25, 0.3) is 5.91 Å². The van der Waals surface area contributed by atoms with Gasteiger partial charge in [0, 0.05) is 19.1 Å². The molecule has 2 aliphatic rings. The summed E-state index contributed by atoms with van der Waals surface area (Å²) in [6, 6.07) is 19.6. The lowest BCUT2D eigenvalue weighted by Gasteiger charge is -2.38. The van der Waals surface area contributed by atoms with E-state index in [1.54, 1.807) is 0 Å². The summed E-state index contributed by atoms with van der Waals surface area (Å²) in [6.07, 6.45) is 3.19. The fourth-order valence-corrected chi connectivity index (χ4v) is 4.69. The Labute approximate surface area is 173 Å². The van der Waals surface area contributed by atoms with Crippen molar-refractivity contribution in [2.24, 2.45) is 0 Å². The van der Waals surface area contributed by atoms with E-state index in [1.807, 2.05) is 67.3 Å². The third-order valence-electron chi connectivity index (χ3n) is 6.07. The molecule has 4 rings (SSSR count). The summed E-state index contributed by atoms with van der Waals surface area (Å²) in [4.78, 5) is 27.1. The van der Waals surface area contributed by atoms with Crippen LogP contribution in [0.5, 0.6) is 0 Å². The zero-order valence-electron chi connectivity index (χ0n) is 17.0. The van der Waals surface area contributed by atoms with Crippen LogP contribution < -0.4 is 5.32 Å². The minimum Gasteiger partial charge on any atom is -0.441 e. The number of ether oxygens (including phenoxy) is 1. The van der Waals surface area contributed by atoms with Crippen molar-refractivity contribution < 1.29 is 15.8 Å². The van der Waals surface area contributed by atoms with Crippen LogP contribution in [-0.2, 0) is 4.74 Å². The molecule has 1 saturated carbocycles. The summed E-state index contributed by atoms with van der Waals surface area (Å²) in [5.41, 5.74) is 1.21. The van der Waals surface area contributed by atoms with Gasteiger partial charge in [0.15, 0.2) is 0 Å². The Balaban J connectivity index is 0.00000256. The van der Waals surface area contributed by atoms with E-state index in [0.29, 0.717) is 5.56 Å². The molecule has 5 nitrogen and oxygen atoms in total. The van der Waals surface area contributed by atoms with E-state index in [0.717, 1.165) is 31.2 Å². The summed E-state index contributed by atoms with van der Waals surface area (Å²) >= 11 is 0. The zero-order valence-corrected chi connectivity index (χ0v) is 17.0. The maximum Gasteiger partial charge on any atom is 0.411 e. The molecule has 2 amide bonds. The first kappa shape index (κ1) is 19.5. The highest BCUT2D eigenvalue weighted by atomic mass is 16.6. The molecule has 1 N–H and O–H groups in total. The number of rotatable bonds is 4. The Morgan fingerprint density at radius 3 is 2.21 bits per heavy atom. The number of nitrogens with zero attached hydrogens (tertiary/aromatic N) is 1. The second-order valence-corrected chi connectivity index (χ2v) is 8.54. The van der Waals surface area contributed by atoms with Crippen LogP contribution in [-0.4, -0.2) is 34.6 Å². The summed E-state index contributed by atoms with van der Waals surface area (Å²) in [5, 5.41) is 3.14. The van der Waals surface area contributed by atoms with E-state index in [4.69, 9.17) is 4.74 Å². The van der Waals surface area contributed by atoms with Crippen LogP contribution in [0.25, 0.3) is 0 Å². The SMILES string of the molecule is CC1(C)OC(=O)N(C2CCC(NC(=O)c3ccccc3)CC2)[C@H]1c1ccccc1.[HH]. The first-order valence-electron chi connectivity index (χ1n) is 10.4. The van der Waals surface area contributed by atoms with Gasteiger partial charge < -0.3 is 10.1 Å². The monoisotopic (exact) mass is 394 g/mol. The van der Waals surface area contributed by atoms with Gasteiger partial charge in [-0.1, -0.05) is 48.5 Å². The number of amides is 2. The van der Waals surface area contributed by atoms with Crippen molar-refractivity contribution in [3.05, 3.63) is 71.8 Å². The van der Waals surface area contributed by atoms with Crippen molar-refractivity contribution in [1.29, 1.82) is 0 Å². The predicted molar refractivity (Wildman–Crippen MR) is 114 cm³/mol. The lowest BCUT2D eigenvalue weighted by molar-refractivity contribution is 0.0663. The molecule has 29 heavy (non-hydrogen) atoms. The second kappa shape index (κ2) is 7.90. The number of nitrogens with one attached hydrogen (secondary N) is 1. The summed E-state index contributed by atoms with van der Waals surface area (Å²) in [7, 11) is 0. The highest BCUT2D eigenvalue weighted by molar-refractivity contribution is 5.94. The van der Waals surface area contributed by atoms with Crippen LogP contribution in [0.3, 0.4) is 0 Å². The number of cyclic esters (lactones) is 1. The van der Waals surface area contributed by atoms with Gasteiger partial charge in [0.05, 0.1) is 6.04 Å². The molecular weight excluding hydrogens is 364 g/mol. The van der Waals surface area contributed by atoms with Crippen LogP contribution in [0.15, 0.2) is 60.7 Å². The number of hydrogen-bond donors (Lipinski definition) is 1. The van der Waals surface area contributed by atoms with E-state index in [2.05, 4.69) is 17.4 Å². The average molecular weight is 395 g/mol. The minimum atomic E-state index is -0.573. The van der Waals surface area contributed by atoms with Gasteiger partial charge in [-0.3, -0.25) is 9.69 Å². The van der Waals surface area contributed by atoms with Crippen molar-refractivity contribution in [2.75, 3.05) is 0 Å². The van der Waals surface area contributed by atoms with Gasteiger partial charge in [-0.25, -0.2) is 4.79 Å². The molecule has 1 aliphatic heterocycles. The standard InChI is InChI=1S/C24H28N2O3.H2/c1-24(2)21(17-9-5-3-6-10-17)26(23(28)29-24)20-15-13-19(14-16-20)25-22(27)18-11-7-4-8-12-18;/h3-12,19-21H,13-16H2,1-2H3,(H,25,27);1H/t19?,20?,21-;/m0./s1. The molecule has 2 aromatic rings.